The quantitative estimate of drug-likeness (QED) is 0.253. The van der Waals surface area contributed by atoms with Gasteiger partial charge in [-0.25, -0.2) is 9.78 Å². The minimum Gasteiger partial charge on any atom is -0.478 e. The van der Waals surface area contributed by atoms with E-state index in [2.05, 4.69) is 4.90 Å². The van der Waals surface area contributed by atoms with Gasteiger partial charge in [-0.1, -0.05) is 40.6 Å². The number of hydrogen-bond donors (Lipinski definition) is 1. The molecule has 1 saturated heterocycles. The van der Waals surface area contributed by atoms with Crippen molar-refractivity contribution in [3.8, 4) is 11.1 Å². The largest absolute Gasteiger partial charge is 0.478 e. The Balaban J connectivity index is 1.14. The first-order chi connectivity index (χ1) is 18.0. The molecule has 4 aromatic rings. The first kappa shape index (κ1) is 23.5. The first-order valence-electron chi connectivity index (χ1n) is 12.5. The van der Waals surface area contributed by atoms with Crippen LogP contribution in [0.15, 0.2) is 47.1 Å². The summed E-state index contributed by atoms with van der Waals surface area (Å²) in [6.45, 7) is 1.40. The number of halogens is 2. The van der Waals surface area contributed by atoms with Crippen LogP contribution in [0.4, 0.5) is 5.13 Å². The molecule has 3 aliphatic rings. The van der Waals surface area contributed by atoms with Crippen LogP contribution in [-0.2, 0) is 11.3 Å². The highest BCUT2D eigenvalue weighted by atomic mass is 35.5. The molecule has 0 spiro atoms. The molecule has 2 aromatic carbocycles. The van der Waals surface area contributed by atoms with Gasteiger partial charge < -0.3 is 19.2 Å². The Labute approximate surface area is 227 Å². The molecule has 1 N–H and O–H groups in total. The minimum atomic E-state index is -0.923. The summed E-state index contributed by atoms with van der Waals surface area (Å²) >= 11 is 14.7. The molecule has 190 valence electrons. The number of thiazole rings is 1. The molecular formula is C28H24Cl2N2O4S. The Morgan fingerprint density at radius 1 is 1.19 bits per heavy atom. The van der Waals surface area contributed by atoms with Gasteiger partial charge in [-0.3, -0.25) is 0 Å². The fourth-order valence-electron chi connectivity index (χ4n) is 5.92. The third-order valence-electron chi connectivity index (χ3n) is 7.84. The second kappa shape index (κ2) is 9.02. The summed E-state index contributed by atoms with van der Waals surface area (Å²) < 4.78 is 13.6. The van der Waals surface area contributed by atoms with Gasteiger partial charge in [0.2, 0.25) is 0 Å². The monoisotopic (exact) mass is 554 g/mol. The molecule has 37 heavy (non-hydrogen) atoms. The van der Waals surface area contributed by atoms with Gasteiger partial charge >= 0.3 is 5.97 Å². The Hall–Kier alpha value is -2.58. The van der Waals surface area contributed by atoms with Gasteiger partial charge in [0.05, 0.1) is 50.8 Å². The Morgan fingerprint density at radius 2 is 2.00 bits per heavy atom. The lowest BCUT2D eigenvalue weighted by Gasteiger charge is -2.33. The number of carbonyl (C=O) groups is 1. The van der Waals surface area contributed by atoms with Crippen molar-refractivity contribution in [3.05, 3.63) is 69.6 Å². The Kier molecular flexibility index (Phi) is 5.73. The predicted octanol–water partition coefficient (Wildman–Crippen LogP) is 7.62. The van der Waals surface area contributed by atoms with E-state index in [4.69, 9.17) is 37.3 Å². The van der Waals surface area contributed by atoms with Crippen molar-refractivity contribution in [3.63, 3.8) is 0 Å². The number of aromatic carboxylic acids is 1. The van der Waals surface area contributed by atoms with Crippen LogP contribution >= 0.6 is 34.5 Å². The summed E-state index contributed by atoms with van der Waals surface area (Å²) in [5.74, 6) is 1.06. The number of rotatable bonds is 7. The van der Waals surface area contributed by atoms with E-state index in [0.29, 0.717) is 28.5 Å². The van der Waals surface area contributed by atoms with Crippen LogP contribution in [0.25, 0.3) is 21.3 Å². The molecule has 3 fully saturated rings. The zero-order chi connectivity index (χ0) is 25.3. The van der Waals surface area contributed by atoms with Crippen molar-refractivity contribution < 1.29 is 19.1 Å². The second-order valence-corrected chi connectivity index (χ2v) is 12.1. The first-order valence-corrected chi connectivity index (χ1v) is 14.1. The van der Waals surface area contributed by atoms with Crippen LogP contribution in [0.1, 0.15) is 53.3 Å². The van der Waals surface area contributed by atoms with Crippen molar-refractivity contribution >= 4 is 55.9 Å². The predicted molar refractivity (Wildman–Crippen MR) is 145 cm³/mol. The van der Waals surface area contributed by atoms with E-state index in [1.807, 2.05) is 18.2 Å². The van der Waals surface area contributed by atoms with E-state index in [1.54, 1.807) is 35.8 Å². The van der Waals surface area contributed by atoms with E-state index in [9.17, 15) is 9.90 Å². The maximum Gasteiger partial charge on any atom is 0.335 e. The highest BCUT2D eigenvalue weighted by molar-refractivity contribution is 7.22. The molecule has 0 radical (unpaired) electrons. The molecule has 0 amide bonds. The maximum atomic E-state index is 11.4. The smallest absolute Gasteiger partial charge is 0.335 e. The van der Waals surface area contributed by atoms with Gasteiger partial charge in [0.1, 0.15) is 5.76 Å². The van der Waals surface area contributed by atoms with Gasteiger partial charge in [-0.05, 0) is 61.9 Å². The molecule has 3 atom stereocenters. The number of nitrogens with zero attached hydrogens (tertiary/aromatic N) is 2. The number of furan rings is 1. The van der Waals surface area contributed by atoms with Crippen LogP contribution in [0.3, 0.4) is 0 Å². The van der Waals surface area contributed by atoms with Gasteiger partial charge in [-0.15, -0.1) is 0 Å². The molecule has 3 unspecified atom stereocenters. The highest BCUT2D eigenvalue weighted by Gasteiger charge is 2.47. The van der Waals surface area contributed by atoms with E-state index >= 15 is 0 Å². The van der Waals surface area contributed by atoms with Crippen molar-refractivity contribution in [2.45, 2.75) is 50.4 Å². The van der Waals surface area contributed by atoms with E-state index in [1.165, 1.54) is 0 Å². The molecule has 7 rings (SSSR count). The SMILES string of the molecule is O=C(O)c1ccc2nc(N3CC4CC(OCc5c(-c6c(Cl)cccc6Cl)coc5C5CC5)C3C4)sc2c1. The highest BCUT2D eigenvalue weighted by Crippen LogP contribution is 2.48. The van der Waals surface area contributed by atoms with Gasteiger partial charge in [0.15, 0.2) is 5.13 Å². The molecule has 2 bridgehead atoms. The summed E-state index contributed by atoms with van der Waals surface area (Å²) in [5.41, 5.74) is 3.88. The molecule has 3 heterocycles. The average Bonchev–Trinajstić information content (AvgIpc) is 3.22. The fraction of sp³-hybridized carbons (Fsp3) is 0.357. The number of carboxylic acids is 1. The number of ether oxygens (including phenoxy) is 1. The van der Waals surface area contributed by atoms with Crippen LogP contribution in [0, 0.1) is 5.92 Å². The van der Waals surface area contributed by atoms with Crippen molar-refractivity contribution in [1.29, 1.82) is 0 Å². The number of aromatic nitrogens is 1. The normalized spacial score (nSPS) is 22.9. The Morgan fingerprint density at radius 3 is 2.73 bits per heavy atom. The lowest BCUT2D eigenvalue weighted by Crippen LogP contribution is -2.42. The summed E-state index contributed by atoms with van der Waals surface area (Å²) in [7, 11) is 0. The Bertz CT molecular complexity index is 1510. The fourth-order valence-corrected chi connectivity index (χ4v) is 7.60. The van der Waals surface area contributed by atoms with E-state index in [0.717, 1.165) is 70.0 Å². The van der Waals surface area contributed by atoms with Crippen LogP contribution < -0.4 is 4.90 Å². The third kappa shape index (κ3) is 4.13. The van der Waals surface area contributed by atoms with Crippen molar-refractivity contribution in [2.24, 2.45) is 5.92 Å². The number of anilines is 1. The lowest BCUT2D eigenvalue weighted by atomic mass is 10.0. The summed E-state index contributed by atoms with van der Waals surface area (Å²) in [5, 5.41) is 11.5. The number of carboxylic acid groups (broad SMARTS) is 1. The second-order valence-electron chi connectivity index (χ2n) is 10.3. The topological polar surface area (TPSA) is 75.8 Å². The van der Waals surface area contributed by atoms with Gasteiger partial charge in [0, 0.05) is 29.2 Å². The van der Waals surface area contributed by atoms with E-state index in [-0.39, 0.29) is 17.7 Å². The van der Waals surface area contributed by atoms with Crippen LogP contribution in [0.2, 0.25) is 10.0 Å². The number of fused-ring (bicyclic) bond motifs is 3. The summed E-state index contributed by atoms with van der Waals surface area (Å²) in [6, 6.07) is 10.9. The van der Waals surface area contributed by atoms with Gasteiger partial charge in [0.25, 0.3) is 0 Å². The number of benzene rings is 2. The molecule has 2 aromatic heterocycles. The average molecular weight is 555 g/mol. The molecule has 6 nitrogen and oxygen atoms in total. The standard InChI is InChI=1S/C28H24Cl2N2O4S/c29-19-2-1-3-20(30)25(19)17-12-36-26(15-4-5-15)18(17)13-35-23-9-14-8-22(23)32(11-14)28-31-21-7-6-16(27(33)34)10-24(21)37-28/h1-3,6-7,10,12,14-15,22-23H,4-5,8-9,11,13H2,(H,33,34). The summed E-state index contributed by atoms with van der Waals surface area (Å²) in [6.07, 6.45) is 6.20. The minimum absolute atomic E-state index is 0.0804. The molecule has 2 aliphatic carbocycles. The van der Waals surface area contributed by atoms with E-state index < -0.39 is 5.97 Å². The van der Waals surface area contributed by atoms with Crippen LogP contribution in [0.5, 0.6) is 0 Å². The number of piperidine rings is 1. The third-order valence-corrected chi connectivity index (χ3v) is 9.53. The molecular weight excluding hydrogens is 531 g/mol. The zero-order valence-electron chi connectivity index (χ0n) is 19.8. The van der Waals surface area contributed by atoms with Crippen molar-refractivity contribution in [1.82, 2.24) is 4.98 Å². The summed E-state index contributed by atoms with van der Waals surface area (Å²) in [4.78, 5) is 18.6. The maximum absolute atomic E-state index is 11.4. The molecule has 1 aliphatic heterocycles. The van der Waals surface area contributed by atoms with Crippen LogP contribution in [-0.4, -0.2) is 34.8 Å². The molecule has 2 saturated carbocycles. The lowest BCUT2D eigenvalue weighted by molar-refractivity contribution is 0.0256. The zero-order valence-corrected chi connectivity index (χ0v) is 22.2. The van der Waals surface area contributed by atoms with Gasteiger partial charge in [-0.2, -0.15) is 0 Å². The number of hydrogen-bond acceptors (Lipinski definition) is 6. The van der Waals surface area contributed by atoms with Crippen molar-refractivity contribution in [2.75, 3.05) is 11.4 Å². The molecule has 9 heteroatoms.